The second-order valence-electron chi connectivity index (χ2n) is 0.213. The Morgan fingerprint density at radius 1 is 1.20 bits per heavy atom. The van der Waals surface area contributed by atoms with Crippen molar-refractivity contribution in [3.05, 3.63) is 0 Å². The fourth-order valence-electron chi connectivity index (χ4n) is 0.0110. The van der Waals surface area contributed by atoms with E-state index in [-0.39, 0.29) is 0 Å². The third kappa shape index (κ3) is 5.99. The Morgan fingerprint density at radius 2 is 1.60 bits per heavy atom. The average Bonchev–Trinajstić information content (AvgIpc) is 1.41. The number of hydrogen-bond acceptors (Lipinski definition) is 0. The van der Waals surface area contributed by atoms with Crippen LogP contribution in [0.25, 0.3) is 0 Å². The van der Waals surface area contributed by atoms with Gasteiger partial charge in [-0.15, -0.1) is 0 Å². The molecule has 0 saturated carbocycles. The molecule has 0 heterocycles. The van der Waals surface area contributed by atoms with Gasteiger partial charge in [-0.25, -0.2) is 0 Å². The van der Waals surface area contributed by atoms with Gasteiger partial charge in [-0.05, 0) is 0 Å². The van der Waals surface area contributed by atoms with Crippen molar-refractivity contribution >= 4 is 11.6 Å². The molecule has 0 amide bonds. The first-order valence-electron chi connectivity index (χ1n) is 0.707. The third-order valence-corrected chi connectivity index (χ3v) is 9.56. The normalized spacial score (nSPS) is 5.20. The van der Waals surface area contributed by atoms with Crippen LogP contribution in [-0.2, 0) is 42.5 Å². The zero-order valence-electron chi connectivity index (χ0n) is 2.06. The zero-order chi connectivity index (χ0) is 4.12. The van der Waals surface area contributed by atoms with Gasteiger partial charge in [0.25, 0.3) is 0 Å². The quantitative estimate of drug-likeness (QED) is 0.474. The SMILES string of the molecule is [Fe]=[Si]=[Fe]=[Si]=[Fe]. The summed E-state index contributed by atoms with van der Waals surface area (Å²) in [6, 6.07) is 0. The molecule has 0 saturated heterocycles. The van der Waals surface area contributed by atoms with Gasteiger partial charge < -0.3 is 0 Å². The first kappa shape index (κ1) is 6.99. The Labute approximate surface area is 53.7 Å². The maximum absolute atomic E-state index is 3.67. The summed E-state index contributed by atoms with van der Waals surface area (Å²) in [5, 5.41) is 0. The molecule has 5 heavy (non-hydrogen) atoms. The molecular formula is Fe3Si2. The molecular weight excluding hydrogens is 224 g/mol. The fourth-order valence-corrected chi connectivity index (χ4v) is 6.97. The standard InChI is InChI=1S/3Fe.2Si. The Bertz CT molecular complexity index is 96.9. The molecule has 0 atom stereocenters. The van der Waals surface area contributed by atoms with Gasteiger partial charge in [0.2, 0.25) is 0 Å². The molecule has 0 aliphatic rings. The van der Waals surface area contributed by atoms with Crippen LogP contribution in [0.1, 0.15) is 0 Å². The molecule has 32 valence electrons. The van der Waals surface area contributed by atoms with Gasteiger partial charge in [-0.3, -0.25) is 0 Å². The molecule has 5 heteroatoms. The molecule has 0 aliphatic carbocycles. The molecule has 0 fully saturated rings. The summed E-state index contributed by atoms with van der Waals surface area (Å²) >= 11 is 8.56. The van der Waals surface area contributed by atoms with E-state index in [1.54, 1.807) is 0 Å². The van der Waals surface area contributed by atoms with Crippen LogP contribution in [-0.4, -0.2) is 11.6 Å². The Balaban J connectivity index is 4.38. The van der Waals surface area contributed by atoms with Gasteiger partial charge in [0.05, 0.1) is 0 Å². The molecule has 0 rings (SSSR count). The van der Waals surface area contributed by atoms with Gasteiger partial charge in [-0.2, -0.15) is 0 Å². The predicted octanol–water partition coefficient (Wildman–Crippen LogP) is -0.769. The van der Waals surface area contributed by atoms with Gasteiger partial charge in [0, 0.05) is 0 Å². The molecule has 0 radical (unpaired) electrons. The van der Waals surface area contributed by atoms with Gasteiger partial charge >= 0.3 is 54.1 Å². The summed E-state index contributed by atoms with van der Waals surface area (Å²) in [5.41, 5.74) is 0. The first-order chi connectivity index (χ1) is 2.41. The fraction of sp³-hybridized carbons (Fsp3) is 0. The summed E-state index contributed by atoms with van der Waals surface area (Å²) in [4.78, 5) is 0. The minimum absolute atomic E-state index is 0.858. The Morgan fingerprint density at radius 3 is 1.60 bits per heavy atom. The van der Waals surface area contributed by atoms with E-state index in [9.17, 15) is 0 Å². The van der Waals surface area contributed by atoms with Crippen LogP contribution in [0.5, 0.6) is 0 Å². The predicted molar refractivity (Wildman–Crippen MR) is 11.5 cm³/mol. The molecule has 0 aromatic heterocycles. The van der Waals surface area contributed by atoms with Gasteiger partial charge in [0.1, 0.15) is 0 Å². The van der Waals surface area contributed by atoms with Crippen molar-refractivity contribution in [1.29, 1.82) is 0 Å². The van der Waals surface area contributed by atoms with E-state index >= 15 is 0 Å². The van der Waals surface area contributed by atoms with E-state index in [0.29, 0.717) is 0 Å². The van der Waals surface area contributed by atoms with Crippen molar-refractivity contribution < 1.29 is 42.5 Å². The van der Waals surface area contributed by atoms with Crippen LogP contribution in [0.15, 0.2) is 0 Å². The van der Waals surface area contributed by atoms with Gasteiger partial charge in [-0.1, -0.05) is 0 Å². The van der Waals surface area contributed by atoms with E-state index in [1.165, 1.54) is 12.7 Å². The summed E-state index contributed by atoms with van der Waals surface area (Å²) in [6.45, 7) is 0. The van der Waals surface area contributed by atoms with Crippen LogP contribution in [0.3, 0.4) is 0 Å². The van der Waals surface area contributed by atoms with E-state index in [2.05, 4.69) is 29.8 Å². The van der Waals surface area contributed by atoms with Gasteiger partial charge in [0.15, 0.2) is 0 Å². The Hall–Kier alpha value is 1.99. The van der Waals surface area contributed by atoms with Crippen molar-refractivity contribution in [2.75, 3.05) is 0 Å². The first-order valence-corrected chi connectivity index (χ1v) is 8.75. The molecule has 0 N–H and O–H groups in total. The number of hydrogen-bond donors (Lipinski definition) is 0. The monoisotopic (exact) mass is 224 g/mol. The summed E-state index contributed by atoms with van der Waals surface area (Å²) in [7, 11) is 0. The van der Waals surface area contributed by atoms with Crippen LogP contribution < -0.4 is 0 Å². The molecule has 0 unspecified atom stereocenters. The van der Waals surface area contributed by atoms with E-state index in [1.807, 2.05) is 0 Å². The molecule has 0 aromatic rings. The summed E-state index contributed by atoms with van der Waals surface area (Å²) < 4.78 is 0. The van der Waals surface area contributed by atoms with Crippen LogP contribution in [0, 0.1) is 0 Å². The average molecular weight is 224 g/mol. The third-order valence-electron chi connectivity index (χ3n) is 0.0625. The van der Waals surface area contributed by atoms with E-state index in [0.717, 1.165) is 11.6 Å². The second-order valence-corrected chi connectivity index (χ2v) is 9.65. The molecule has 0 aromatic carbocycles. The maximum atomic E-state index is 3.67. The zero-order valence-corrected chi connectivity index (χ0v) is 7.37. The van der Waals surface area contributed by atoms with Crippen molar-refractivity contribution in [3.8, 4) is 0 Å². The van der Waals surface area contributed by atoms with E-state index in [4.69, 9.17) is 0 Å². The summed E-state index contributed by atoms with van der Waals surface area (Å²) in [6.07, 6.45) is 0. The molecule has 0 nitrogen and oxygen atoms in total. The summed E-state index contributed by atoms with van der Waals surface area (Å²) in [5.74, 6) is 1.72. The van der Waals surface area contributed by atoms with E-state index < -0.39 is 0 Å². The number of rotatable bonds is 0. The Kier molecular flexibility index (Phi) is 8.38. The molecule has 0 aliphatic heterocycles. The van der Waals surface area contributed by atoms with Crippen LogP contribution >= 0.6 is 0 Å². The molecule has 0 bridgehead atoms. The topological polar surface area (TPSA) is 0 Å². The van der Waals surface area contributed by atoms with Crippen molar-refractivity contribution in [2.24, 2.45) is 0 Å². The van der Waals surface area contributed by atoms with Crippen molar-refractivity contribution in [3.63, 3.8) is 0 Å². The van der Waals surface area contributed by atoms with Crippen LogP contribution in [0.2, 0.25) is 0 Å². The minimum atomic E-state index is 0.858. The second kappa shape index (κ2) is 5.99. The van der Waals surface area contributed by atoms with Crippen molar-refractivity contribution in [1.82, 2.24) is 0 Å². The molecule has 0 spiro atoms. The van der Waals surface area contributed by atoms with Crippen LogP contribution in [0.4, 0.5) is 0 Å². The van der Waals surface area contributed by atoms with Crippen molar-refractivity contribution in [2.45, 2.75) is 0 Å².